The molecule has 1 unspecified atom stereocenters. The van der Waals surface area contributed by atoms with Gasteiger partial charge in [0.05, 0.1) is 5.56 Å². The van der Waals surface area contributed by atoms with Gasteiger partial charge in [0.15, 0.2) is 0 Å². The van der Waals surface area contributed by atoms with Crippen molar-refractivity contribution in [3.05, 3.63) is 33.3 Å². The molecule has 0 aliphatic carbocycles. The fourth-order valence-corrected chi connectivity index (χ4v) is 3.65. The lowest BCUT2D eigenvalue weighted by Crippen LogP contribution is -2.38. The minimum absolute atomic E-state index is 0.0863. The van der Waals surface area contributed by atoms with Crippen LogP contribution in [0.3, 0.4) is 0 Å². The largest absolute Gasteiger partial charge is 0.337 e. The Morgan fingerprint density at radius 2 is 2.15 bits per heavy atom. The number of hydrogen-bond donors (Lipinski definition) is 0. The number of nitrogens with zero attached hydrogens (tertiary/aromatic N) is 2. The van der Waals surface area contributed by atoms with E-state index in [-0.39, 0.29) is 5.91 Å². The summed E-state index contributed by atoms with van der Waals surface area (Å²) in [6, 6.07) is 5.81. The van der Waals surface area contributed by atoms with E-state index >= 15 is 0 Å². The van der Waals surface area contributed by atoms with Gasteiger partial charge < -0.3 is 4.90 Å². The first-order valence-electron chi connectivity index (χ1n) is 7.05. The van der Waals surface area contributed by atoms with Crippen LogP contribution in [0.1, 0.15) is 30.6 Å². The van der Waals surface area contributed by atoms with Crippen LogP contribution < -0.4 is 0 Å². The molecule has 0 radical (unpaired) electrons. The summed E-state index contributed by atoms with van der Waals surface area (Å²) in [4.78, 5) is 16.9. The molecular weight excluding hydrogens is 340 g/mol. The third kappa shape index (κ3) is 3.35. The summed E-state index contributed by atoms with van der Waals surface area (Å²) >= 11 is 9.35. The van der Waals surface area contributed by atoms with Crippen molar-refractivity contribution < 1.29 is 4.79 Å². The van der Waals surface area contributed by atoms with Crippen molar-refractivity contribution in [2.24, 2.45) is 0 Å². The van der Waals surface area contributed by atoms with Gasteiger partial charge in [-0.05, 0) is 53.6 Å². The molecular formula is C15H20BrClN2O. The Hall–Kier alpha value is -0.580. The maximum Gasteiger partial charge on any atom is 0.255 e. The quantitative estimate of drug-likeness (QED) is 0.819. The first-order chi connectivity index (χ1) is 9.56. The second-order valence-electron chi connectivity index (χ2n) is 5.04. The molecule has 1 aliphatic rings. The van der Waals surface area contributed by atoms with Crippen LogP contribution in [0.4, 0.5) is 0 Å². The van der Waals surface area contributed by atoms with Gasteiger partial charge in [-0.2, -0.15) is 0 Å². The van der Waals surface area contributed by atoms with Crippen molar-refractivity contribution in [3.63, 3.8) is 0 Å². The van der Waals surface area contributed by atoms with Gasteiger partial charge in [0, 0.05) is 28.6 Å². The van der Waals surface area contributed by atoms with E-state index in [0.717, 1.165) is 37.1 Å². The molecule has 3 nitrogen and oxygen atoms in total. The number of rotatable bonds is 4. The predicted molar refractivity (Wildman–Crippen MR) is 86.4 cm³/mol. The first kappa shape index (κ1) is 15.8. The van der Waals surface area contributed by atoms with E-state index in [1.807, 2.05) is 4.90 Å². The smallest absolute Gasteiger partial charge is 0.255 e. The highest BCUT2D eigenvalue weighted by atomic mass is 79.9. The molecule has 1 amide bonds. The molecule has 0 N–H and O–H groups in total. The van der Waals surface area contributed by atoms with Crippen LogP contribution in [-0.4, -0.2) is 47.9 Å². The summed E-state index contributed by atoms with van der Waals surface area (Å²) in [6.45, 7) is 8.06. The van der Waals surface area contributed by atoms with E-state index in [1.165, 1.54) is 0 Å². The van der Waals surface area contributed by atoms with Crippen molar-refractivity contribution >= 4 is 33.4 Å². The molecule has 1 aromatic carbocycles. The highest BCUT2D eigenvalue weighted by Gasteiger charge is 2.30. The molecule has 2 rings (SSSR count). The lowest BCUT2D eigenvalue weighted by Gasteiger charge is -2.26. The fourth-order valence-electron chi connectivity index (χ4n) is 2.80. The Morgan fingerprint density at radius 1 is 1.45 bits per heavy atom. The van der Waals surface area contributed by atoms with Crippen LogP contribution in [0.2, 0.25) is 5.02 Å². The molecule has 20 heavy (non-hydrogen) atoms. The van der Waals surface area contributed by atoms with Gasteiger partial charge in [0.2, 0.25) is 0 Å². The minimum atomic E-state index is 0.0863. The highest BCUT2D eigenvalue weighted by Crippen LogP contribution is 2.25. The number of carbonyl (C=O) groups excluding carboxylic acids is 1. The van der Waals surface area contributed by atoms with Crippen LogP contribution in [0.25, 0.3) is 0 Å². The average Bonchev–Trinajstić information content (AvgIpc) is 2.89. The van der Waals surface area contributed by atoms with E-state index in [0.29, 0.717) is 16.6 Å². The van der Waals surface area contributed by atoms with Crippen molar-refractivity contribution in [3.8, 4) is 0 Å². The van der Waals surface area contributed by atoms with E-state index in [4.69, 9.17) is 11.6 Å². The maximum absolute atomic E-state index is 12.6. The second kappa shape index (κ2) is 6.92. The molecule has 1 aliphatic heterocycles. The molecule has 1 saturated heterocycles. The number of halogens is 2. The topological polar surface area (TPSA) is 23.6 Å². The molecule has 110 valence electrons. The van der Waals surface area contributed by atoms with E-state index in [1.54, 1.807) is 18.2 Å². The summed E-state index contributed by atoms with van der Waals surface area (Å²) in [5.41, 5.74) is 0.689. The Morgan fingerprint density at radius 3 is 2.75 bits per heavy atom. The summed E-state index contributed by atoms with van der Waals surface area (Å²) < 4.78 is 0.765. The maximum atomic E-state index is 12.6. The fraction of sp³-hybridized carbons (Fsp3) is 0.533. The van der Waals surface area contributed by atoms with Crippen LogP contribution >= 0.6 is 27.5 Å². The summed E-state index contributed by atoms with van der Waals surface area (Å²) in [6.07, 6.45) is 1.05. The van der Waals surface area contributed by atoms with Gasteiger partial charge >= 0.3 is 0 Å². The van der Waals surface area contributed by atoms with Crippen LogP contribution in [0.15, 0.2) is 22.7 Å². The third-order valence-electron chi connectivity index (χ3n) is 3.94. The van der Waals surface area contributed by atoms with Crippen molar-refractivity contribution in [1.29, 1.82) is 0 Å². The van der Waals surface area contributed by atoms with E-state index in [2.05, 4.69) is 34.7 Å². The van der Waals surface area contributed by atoms with Crippen molar-refractivity contribution in [1.82, 2.24) is 9.80 Å². The first-order valence-corrected chi connectivity index (χ1v) is 8.22. The molecule has 5 heteroatoms. The number of carbonyl (C=O) groups is 1. The number of amides is 1. The lowest BCUT2D eigenvalue weighted by atomic mass is 10.2. The number of hydrogen-bond acceptors (Lipinski definition) is 2. The molecule has 1 heterocycles. The Balaban J connectivity index is 2.08. The predicted octanol–water partition coefficient (Wildman–Crippen LogP) is 3.66. The van der Waals surface area contributed by atoms with Crippen LogP contribution in [-0.2, 0) is 0 Å². The summed E-state index contributed by atoms with van der Waals surface area (Å²) in [7, 11) is 0. The Bertz CT molecular complexity index is 491. The van der Waals surface area contributed by atoms with Crippen LogP contribution in [0.5, 0.6) is 0 Å². The van der Waals surface area contributed by atoms with Crippen molar-refractivity contribution in [2.75, 3.05) is 26.2 Å². The monoisotopic (exact) mass is 358 g/mol. The van der Waals surface area contributed by atoms with Gasteiger partial charge in [-0.1, -0.05) is 25.4 Å². The van der Waals surface area contributed by atoms with Gasteiger partial charge in [-0.25, -0.2) is 0 Å². The average molecular weight is 360 g/mol. The zero-order valence-corrected chi connectivity index (χ0v) is 14.2. The zero-order chi connectivity index (χ0) is 14.7. The molecule has 1 atom stereocenters. The Kier molecular flexibility index (Phi) is 5.47. The molecule has 0 bridgehead atoms. The molecule has 0 saturated carbocycles. The molecule has 0 spiro atoms. The highest BCUT2D eigenvalue weighted by molar-refractivity contribution is 9.10. The zero-order valence-electron chi connectivity index (χ0n) is 11.9. The van der Waals surface area contributed by atoms with Gasteiger partial charge in [-0.15, -0.1) is 0 Å². The SMILES string of the molecule is CCN(CC)C1CCN(C(=O)c2ccc(Cl)cc2Br)C1. The summed E-state index contributed by atoms with van der Waals surface area (Å²) in [5, 5.41) is 0.635. The molecule has 1 aromatic rings. The number of likely N-dealkylation sites (N-methyl/N-ethyl adjacent to an activating group) is 1. The molecule has 1 fully saturated rings. The van der Waals surface area contributed by atoms with Gasteiger partial charge in [0.1, 0.15) is 0 Å². The lowest BCUT2D eigenvalue weighted by molar-refractivity contribution is 0.0777. The standard InChI is InChI=1S/C15H20BrClN2O/c1-3-18(4-2)12-7-8-19(10-12)15(20)13-6-5-11(17)9-14(13)16/h5-6,9,12H,3-4,7-8,10H2,1-2H3. The molecule has 0 aromatic heterocycles. The number of benzene rings is 1. The summed E-state index contributed by atoms with van der Waals surface area (Å²) in [5.74, 6) is 0.0863. The minimum Gasteiger partial charge on any atom is -0.337 e. The van der Waals surface area contributed by atoms with Gasteiger partial charge in [0.25, 0.3) is 5.91 Å². The van der Waals surface area contributed by atoms with Crippen molar-refractivity contribution in [2.45, 2.75) is 26.3 Å². The van der Waals surface area contributed by atoms with Gasteiger partial charge in [-0.3, -0.25) is 9.69 Å². The van der Waals surface area contributed by atoms with Crippen LogP contribution in [0, 0.1) is 0 Å². The normalized spacial score (nSPS) is 18.9. The van der Waals surface area contributed by atoms with E-state index in [9.17, 15) is 4.79 Å². The third-order valence-corrected chi connectivity index (χ3v) is 4.83. The second-order valence-corrected chi connectivity index (χ2v) is 6.33. The van der Waals surface area contributed by atoms with E-state index < -0.39 is 0 Å². The Labute approximate surface area is 134 Å². The number of likely N-dealkylation sites (tertiary alicyclic amines) is 1.